The van der Waals surface area contributed by atoms with E-state index in [0.29, 0.717) is 62.7 Å². The number of carbonyl (C=O) groups is 1. The lowest BCUT2D eigenvalue weighted by Crippen LogP contribution is -2.44. The lowest BCUT2D eigenvalue weighted by Gasteiger charge is -2.38. The van der Waals surface area contributed by atoms with Crippen LogP contribution in [0.4, 0.5) is 11.5 Å². The lowest BCUT2D eigenvalue weighted by atomic mass is 10.00. The fraction of sp³-hybridized carbons (Fsp3) is 0.343. The number of esters is 1. The average molecular weight is 670 g/mol. The second-order valence-electron chi connectivity index (χ2n) is 12.5. The normalized spacial score (nSPS) is 12.2. The number of nitrogen functional groups attached to an aromatic ring is 1. The summed E-state index contributed by atoms with van der Waals surface area (Å²) in [6.07, 6.45) is -0.0781. The van der Waals surface area contributed by atoms with Crippen LogP contribution in [0, 0.1) is 24.8 Å². The van der Waals surface area contributed by atoms with E-state index in [1.165, 1.54) is 18.9 Å². The van der Waals surface area contributed by atoms with E-state index in [1.807, 2.05) is 31.2 Å². The first-order chi connectivity index (χ1) is 22.2. The Bertz CT molecular complexity index is 1840. The molecular weight excluding hydrogens is 631 g/mol. The van der Waals surface area contributed by atoms with Gasteiger partial charge in [0.15, 0.2) is 8.32 Å². The number of aryl methyl sites for hydroxylation is 1. The Morgan fingerprint density at radius 2 is 1.77 bits per heavy atom. The molecule has 1 atom stereocenters. The van der Waals surface area contributed by atoms with E-state index in [-0.39, 0.29) is 28.2 Å². The third-order valence-electron chi connectivity index (χ3n) is 8.11. The van der Waals surface area contributed by atoms with Gasteiger partial charge in [-0.25, -0.2) is 19.6 Å². The van der Waals surface area contributed by atoms with Gasteiger partial charge in [-0.1, -0.05) is 44.7 Å². The van der Waals surface area contributed by atoms with Crippen molar-refractivity contribution in [3.05, 3.63) is 82.5 Å². The van der Waals surface area contributed by atoms with E-state index in [1.54, 1.807) is 31.2 Å². The first-order valence-corrected chi connectivity index (χ1v) is 18.9. The number of thioether (sulfide) groups is 1. The van der Waals surface area contributed by atoms with Gasteiger partial charge < -0.3 is 24.1 Å². The molecule has 0 bridgehead atoms. The van der Waals surface area contributed by atoms with E-state index in [4.69, 9.17) is 30.6 Å². The Labute approximate surface area is 281 Å². The fourth-order valence-electron chi connectivity index (χ4n) is 4.51. The summed E-state index contributed by atoms with van der Waals surface area (Å²) in [4.78, 5) is 24.5. The zero-order valence-electron chi connectivity index (χ0n) is 27.9. The van der Waals surface area contributed by atoms with E-state index in [2.05, 4.69) is 54.7 Å². The predicted molar refractivity (Wildman–Crippen MR) is 186 cm³/mol. The van der Waals surface area contributed by atoms with Gasteiger partial charge in [-0.15, -0.1) is 0 Å². The van der Waals surface area contributed by atoms with Gasteiger partial charge in [-0.3, -0.25) is 0 Å². The number of benzene rings is 2. The largest absolute Gasteiger partial charge is 0.491 e. The van der Waals surface area contributed by atoms with Crippen molar-refractivity contribution in [3.8, 4) is 34.4 Å². The Balaban J connectivity index is 1.53. The molecule has 0 radical (unpaired) electrons. The van der Waals surface area contributed by atoms with Crippen LogP contribution in [0.2, 0.25) is 18.1 Å². The standard InChI is InChI=1S/C35H39N5O5SSi/c1-21(45-47(8,9)35(3,4)5)19-43-26-16-14-23(15-17-26)29-27(18-36)33(40-31(37)30(29)38-6)46-20-28-22(2)44-32(39-28)24-10-12-25(13-11-24)34(41)42-7/h10-17,21H,19-20H2,1-5,7-9H3,(H2,37,40)/t21-/m0/s1. The number of pyridine rings is 1. The summed E-state index contributed by atoms with van der Waals surface area (Å²) in [7, 11) is -0.596. The Morgan fingerprint density at radius 1 is 1.13 bits per heavy atom. The number of methoxy groups -OCH3 is 1. The Hall–Kier alpha value is -4.62. The second kappa shape index (κ2) is 14.4. The SMILES string of the molecule is [C-]#[N+]c1c(N)nc(SCc2nc(-c3ccc(C(=O)OC)cc3)oc2C)c(C#N)c1-c1ccc(OC[C@H](C)O[Si](C)(C)C(C)(C)C)cc1. The van der Waals surface area contributed by atoms with Gasteiger partial charge in [-0.2, -0.15) is 5.26 Å². The summed E-state index contributed by atoms with van der Waals surface area (Å²) in [6.45, 7) is 23.0. The van der Waals surface area contributed by atoms with E-state index >= 15 is 0 Å². The number of hydrogen-bond acceptors (Lipinski definition) is 10. The first kappa shape index (κ1) is 35.2. The number of anilines is 1. The minimum atomic E-state index is -1.93. The average Bonchev–Trinajstić information content (AvgIpc) is 3.41. The van der Waals surface area contributed by atoms with Crippen LogP contribution in [0.15, 0.2) is 58.0 Å². The summed E-state index contributed by atoms with van der Waals surface area (Å²) in [5.41, 5.74) is 9.48. The zero-order valence-corrected chi connectivity index (χ0v) is 29.7. The minimum absolute atomic E-state index is 0.0386. The number of hydrogen-bond donors (Lipinski definition) is 1. The van der Waals surface area contributed by atoms with Crippen molar-refractivity contribution < 1.29 is 23.1 Å². The third kappa shape index (κ3) is 8.03. The second-order valence-corrected chi connectivity index (χ2v) is 18.2. The molecule has 244 valence electrons. The van der Waals surface area contributed by atoms with Gasteiger partial charge >= 0.3 is 5.97 Å². The summed E-state index contributed by atoms with van der Waals surface area (Å²) in [6, 6.07) is 16.3. The molecule has 4 rings (SSSR count). The quantitative estimate of drug-likeness (QED) is 0.0715. The molecule has 0 saturated carbocycles. The van der Waals surface area contributed by atoms with Crippen LogP contribution in [0.5, 0.6) is 5.75 Å². The van der Waals surface area contributed by atoms with Crippen LogP contribution in [-0.4, -0.2) is 44.1 Å². The zero-order chi connectivity index (χ0) is 34.5. The van der Waals surface area contributed by atoms with E-state index in [0.717, 1.165) is 0 Å². The number of nitrogens with zero attached hydrogens (tertiary/aromatic N) is 4. The molecule has 0 aliphatic carbocycles. The highest BCUT2D eigenvalue weighted by molar-refractivity contribution is 7.98. The van der Waals surface area contributed by atoms with Crippen molar-refractivity contribution in [1.29, 1.82) is 5.26 Å². The van der Waals surface area contributed by atoms with Crippen LogP contribution in [0.3, 0.4) is 0 Å². The summed E-state index contributed by atoms with van der Waals surface area (Å²) in [5, 5.41) is 10.7. The highest BCUT2D eigenvalue weighted by atomic mass is 32.2. The predicted octanol–water partition coefficient (Wildman–Crippen LogP) is 8.58. The molecule has 0 fully saturated rings. The molecule has 47 heavy (non-hydrogen) atoms. The molecule has 0 unspecified atom stereocenters. The van der Waals surface area contributed by atoms with Crippen LogP contribution in [-0.2, 0) is 14.9 Å². The van der Waals surface area contributed by atoms with Gasteiger partial charge in [0.05, 0.1) is 36.6 Å². The number of aromatic nitrogens is 2. The monoisotopic (exact) mass is 669 g/mol. The number of rotatable bonds is 11. The highest BCUT2D eigenvalue weighted by Gasteiger charge is 2.38. The third-order valence-corrected chi connectivity index (χ3v) is 13.7. The van der Waals surface area contributed by atoms with Crippen molar-refractivity contribution in [1.82, 2.24) is 9.97 Å². The van der Waals surface area contributed by atoms with Crippen LogP contribution >= 0.6 is 11.8 Å². The van der Waals surface area contributed by atoms with Crippen LogP contribution in [0.1, 0.15) is 55.1 Å². The molecule has 12 heteroatoms. The smallest absolute Gasteiger partial charge is 0.337 e. The molecule has 0 aliphatic rings. The van der Waals surface area contributed by atoms with E-state index in [9.17, 15) is 10.1 Å². The number of carbonyl (C=O) groups excluding carboxylic acids is 1. The molecule has 0 saturated heterocycles. The number of ether oxygens (including phenoxy) is 2. The molecule has 0 spiro atoms. The summed E-state index contributed by atoms with van der Waals surface area (Å²) < 4.78 is 23.1. The topological polar surface area (TPSA) is 138 Å². The lowest BCUT2D eigenvalue weighted by molar-refractivity contribution is 0.0600. The number of oxazole rings is 1. The van der Waals surface area contributed by atoms with Gasteiger partial charge in [0.25, 0.3) is 0 Å². The van der Waals surface area contributed by atoms with Crippen molar-refractivity contribution in [2.75, 3.05) is 19.5 Å². The van der Waals surface area contributed by atoms with E-state index < -0.39 is 14.3 Å². The fourth-order valence-corrected chi connectivity index (χ4v) is 6.93. The molecule has 2 N–H and O–H groups in total. The van der Waals surface area contributed by atoms with Crippen molar-refractivity contribution >= 4 is 37.6 Å². The van der Waals surface area contributed by atoms with Crippen LogP contribution in [0.25, 0.3) is 27.4 Å². The first-order valence-electron chi connectivity index (χ1n) is 15.0. The Kier molecular flexibility index (Phi) is 10.8. The molecule has 2 aromatic carbocycles. The molecule has 0 aliphatic heterocycles. The molecular formula is C35H39N5O5SSi. The van der Waals surface area contributed by atoms with Crippen molar-refractivity contribution in [2.24, 2.45) is 0 Å². The maximum absolute atomic E-state index is 11.8. The number of nitrogens with two attached hydrogens (primary N) is 1. The summed E-state index contributed by atoms with van der Waals surface area (Å²) >= 11 is 1.28. The van der Waals surface area contributed by atoms with Crippen LogP contribution < -0.4 is 10.5 Å². The molecule has 0 amide bonds. The molecule has 2 aromatic heterocycles. The number of nitriles is 1. The van der Waals surface area contributed by atoms with Crippen molar-refractivity contribution in [2.45, 2.75) is 69.6 Å². The maximum Gasteiger partial charge on any atom is 0.337 e. The van der Waals surface area contributed by atoms with Gasteiger partial charge in [0.1, 0.15) is 35.0 Å². The molecule has 10 nitrogen and oxygen atoms in total. The van der Waals surface area contributed by atoms with Gasteiger partial charge in [-0.05, 0) is 73.9 Å². The molecule has 2 heterocycles. The summed E-state index contributed by atoms with van der Waals surface area (Å²) in [5.74, 6) is 1.61. The Morgan fingerprint density at radius 3 is 2.34 bits per heavy atom. The molecule has 4 aromatic rings. The van der Waals surface area contributed by atoms with Crippen molar-refractivity contribution in [3.63, 3.8) is 0 Å². The minimum Gasteiger partial charge on any atom is -0.491 e. The van der Waals surface area contributed by atoms with Gasteiger partial charge in [0, 0.05) is 16.9 Å². The highest BCUT2D eigenvalue weighted by Crippen LogP contribution is 2.42. The maximum atomic E-state index is 11.8. The van der Waals surface area contributed by atoms with Gasteiger partial charge in [0.2, 0.25) is 11.6 Å².